The summed E-state index contributed by atoms with van der Waals surface area (Å²) in [4.78, 5) is 0. The van der Waals surface area contributed by atoms with E-state index in [2.05, 4.69) is 15.0 Å². The monoisotopic (exact) mass is 358 g/mol. The van der Waals surface area contributed by atoms with Gasteiger partial charge in [0.2, 0.25) is 10.0 Å². The summed E-state index contributed by atoms with van der Waals surface area (Å²) < 4.78 is 35.0. The second-order valence-electron chi connectivity index (χ2n) is 5.97. The fourth-order valence-corrected chi connectivity index (χ4v) is 4.24. The molecule has 1 N–H and O–H groups in total. The SMILES string of the molecule is O=S(=O)(CCn1nnc2ccccc21)NC1CCOc2ccccc21. The van der Waals surface area contributed by atoms with E-state index in [1.165, 1.54) is 0 Å². The molecular formula is C17H18N4O3S. The summed E-state index contributed by atoms with van der Waals surface area (Å²) in [6.45, 7) is 0.749. The van der Waals surface area contributed by atoms with Gasteiger partial charge in [0.05, 0.1) is 30.5 Å². The molecule has 1 aliphatic heterocycles. The average molecular weight is 358 g/mol. The van der Waals surface area contributed by atoms with Gasteiger partial charge in [0.15, 0.2) is 0 Å². The third-order valence-electron chi connectivity index (χ3n) is 4.27. The molecule has 1 unspecified atom stereocenters. The third-order valence-corrected chi connectivity index (χ3v) is 5.64. The number of aryl methyl sites for hydroxylation is 1. The fourth-order valence-electron chi connectivity index (χ4n) is 3.03. The van der Waals surface area contributed by atoms with Crippen LogP contribution in [0.1, 0.15) is 18.0 Å². The predicted octanol–water partition coefficient (Wildman–Crippen LogP) is 1.87. The Hall–Kier alpha value is -2.45. The highest BCUT2D eigenvalue weighted by Crippen LogP contribution is 2.31. The van der Waals surface area contributed by atoms with E-state index in [1.54, 1.807) is 4.68 Å². The van der Waals surface area contributed by atoms with Crippen molar-refractivity contribution in [3.8, 4) is 5.75 Å². The highest BCUT2D eigenvalue weighted by molar-refractivity contribution is 7.89. The van der Waals surface area contributed by atoms with Gasteiger partial charge in [0, 0.05) is 12.0 Å². The summed E-state index contributed by atoms with van der Waals surface area (Å²) in [5.41, 5.74) is 2.46. The molecule has 25 heavy (non-hydrogen) atoms. The molecule has 0 saturated carbocycles. The van der Waals surface area contributed by atoms with E-state index in [1.807, 2.05) is 48.5 Å². The van der Waals surface area contributed by atoms with Crippen molar-refractivity contribution < 1.29 is 13.2 Å². The van der Waals surface area contributed by atoms with Crippen molar-refractivity contribution in [1.29, 1.82) is 0 Å². The Morgan fingerprint density at radius 1 is 1.16 bits per heavy atom. The lowest BCUT2D eigenvalue weighted by molar-refractivity contribution is 0.263. The van der Waals surface area contributed by atoms with Crippen LogP contribution >= 0.6 is 0 Å². The molecule has 0 spiro atoms. The van der Waals surface area contributed by atoms with Gasteiger partial charge < -0.3 is 4.74 Å². The lowest BCUT2D eigenvalue weighted by atomic mass is 10.0. The van der Waals surface area contributed by atoms with Gasteiger partial charge in [-0.2, -0.15) is 0 Å². The molecule has 0 aliphatic carbocycles. The molecule has 0 bridgehead atoms. The first-order valence-electron chi connectivity index (χ1n) is 8.12. The van der Waals surface area contributed by atoms with Crippen LogP contribution in [-0.4, -0.2) is 35.8 Å². The largest absolute Gasteiger partial charge is 0.493 e. The second-order valence-corrected chi connectivity index (χ2v) is 7.84. The summed E-state index contributed by atoms with van der Waals surface area (Å²) in [7, 11) is -3.46. The number of aromatic nitrogens is 3. The number of nitrogens with one attached hydrogen (secondary N) is 1. The zero-order valence-corrected chi connectivity index (χ0v) is 14.3. The van der Waals surface area contributed by atoms with Crippen LogP contribution in [0.5, 0.6) is 5.75 Å². The molecule has 2 heterocycles. The number of para-hydroxylation sites is 2. The molecule has 8 heteroatoms. The molecule has 130 valence electrons. The van der Waals surface area contributed by atoms with Crippen LogP contribution in [0.3, 0.4) is 0 Å². The van der Waals surface area contributed by atoms with Crippen molar-refractivity contribution in [3.05, 3.63) is 54.1 Å². The maximum Gasteiger partial charge on any atom is 0.213 e. The number of nitrogens with zero attached hydrogens (tertiary/aromatic N) is 3. The molecular weight excluding hydrogens is 340 g/mol. The number of ether oxygens (including phenoxy) is 1. The van der Waals surface area contributed by atoms with Gasteiger partial charge in [-0.15, -0.1) is 5.10 Å². The molecule has 1 atom stereocenters. The normalized spacial score (nSPS) is 17.2. The Balaban J connectivity index is 1.48. The van der Waals surface area contributed by atoms with Gasteiger partial charge in [-0.05, 0) is 18.2 Å². The molecule has 2 aromatic carbocycles. The highest BCUT2D eigenvalue weighted by atomic mass is 32.2. The summed E-state index contributed by atoms with van der Waals surface area (Å²) >= 11 is 0. The number of rotatable bonds is 5. The minimum atomic E-state index is -3.46. The summed E-state index contributed by atoms with van der Waals surface area (Å²) in [6, 6.07) is 14.7. The fraction of sp³-hybridized carbons (Fsp3) is 0.294. The number of benzene rings is 2. The molecule has 3 aromatic rings. The van der Waals surface area contributed by atoms with Crippen LogP contribution in [-0.2, 0) is 16.6 Å². The summed E-state index contributed by atoms with van der Waals surface area (Å²) in [5, 5.41) is 8.08. The van der Waals surface area contributed by atoms with Gasteiger partial charge in [0.1, 0.15) is 11.3 Å². The smallest absolute Gasteiger partial charge is 0.213 e. The van der Waals surface area contributed by atoms with Gasteiger partial charge in [-0.25, -0.2) is 17.8 Å². The molecule has 1 aliphatic rings. The summed E-state index contributed by atoms with van der Waals surface area (Å²) in [6.07, 6.45) is 0.614. The van der Waals surface area contributed by atoms with Crippen molar-refractivity contribution in [2.24, 2.45) is 0 Å². The third kappa shape index (κ3) is 3.35. The Labute approximate surface area is 145 Å². The molecule has 4 rings (SSSR count). The van der Waals surface area contributed by atoms with Crippen molar-refractivity contribution >= 4 is 21.1 Å². The maximum absolute atomic E-state index is 12.5. The Kier molecular flexibility index (Phi) is 4.14. The van der Waals surface area contributed by atoms with E-state index in [-0.39, 0.29) is 18.3 Å². The zero-order valence-electron chi connectivity index (χ0n) is 13.5. The molecule has 1 aromatic heterocycles. The quantitative estimate of drug-likeness (QED) is 0.752. The Bertz CT molecular complexity index is 1000. The van der Waals surface area contributed by atoms with Crippen LogP contribution in [0.25, 0.3) is 11.0 Å². The van der Waals surface area contributed by atoms with Crippen molar-refractivity contribution in [1.82, 2.24) is 19.7 Å². The molecule has 7 nitrogen and oxygen atoms in total. The van der Waals surface area contributed by atoms with Gasteiger partial charge in [-0.3, -0.25) is 0 Å². The number of hydrogen-bond acceptors (Lipinski definition) is 5. The number of hydrogen-bond donors (Lipinski definition) is 1. The summed E-state index contributed by atoms with van der Waals surface area (Å²) in [5.74, 6) is 0.684. The average Bonchev–Trinajstić information content (AvgIpc) is 3.03. The van der Waals surface area contributed by atoms with Crippen LogP contribution in [0.15, 0.2) is 48.5 Å². The molecule has 0 saturated heterocycles. The van der Waals surface area contributed by atoms with E-state index in [4.69, 9.17) is 4.74 Å². The minimum Gasteiger partial charge on any atom is -0.493 e. The first kappa shape index (κ1) is 16.0. The van der Waals surface area contributed by atoms with Crippen molar-refractivity contribution in [2.75, 3.05) is 12.4 Å². The molecule has 0 fully saturated rings. The zero-order chi connectivity index (χ0) is 17.3. The lowest BCUT2D eigenvalue weighted by Crippen LogP contribution is -2.34. The standard InChI is InChI=1S/C17H18N4O3S/c22-25(23,12-10-21-16-7-3-2-6-15(16)18-20-21)19-14-9-11-24-17-8-4-1-5-13(14)17/h1-8,14,19H,9-12H2. The van der Waals surface area contributed by atoms with Crippen LogP contribution in [0.2, 0.25) is 0 Å². The number of fused-ring (bicyclic) bond motifs is 2. The van der Waals surface area contributed by atoms with E-state index in [0.717, 1.165) is 22.3 Å². The van der Waals surface area contributed by atoms with E-state index < -0.39 is 10.0 Å². The van der Waals surface area contributed by atoms with Crippen LogP contribution in [0.4, 0.5) is 0 Å². The van der Waals surface area contributed by atoms with Crippen LogP contribution in [0, 0.1) is 0 Å². The topological polar surface area (TPSA) is 86.1 Å². The van der Waals surface area contributed by atoms with Gasteiger partial charge >= 0.3 is 0 Å². The van der Waals surface area contributed by atoms with E-state index in [9.17, 15) is 8.42 Å². The van der Waals surface area contributed by atoms with Gasteiger partial charge in [-0.1, -0.05) is 35.5 Å². The lowest BCUT2D eigenvalue weighted by Gasteiger charge is -2.26. The minimum absolute atomic E-state index is 0.0557. The number of sulfonamides is 1. The van der Waals surface area contributed by atoms with Crippen molar-refractivity contribution in [3.63, 3.8) is 0 Å². The van der Waals surface area contributed by atoms with E-state index >= 15 is 0 Å². The first-order valence-corrected chi connectivity index (χ1v) is 9.77. The predicted molar refractivity (Wildman–Crippen MR) is 93.7 cm³/mol. The maximum atomic E-state index is 12.5. The first-order chi connectivity index (χ1) is 12.1. The Morgan fingerprint density at radius 3 is 2.88 bits per heavy atom. The van der Waals surface area contributed by atoms with Gasteiger partial charge in [0.25, 0.3) is 0 Å². The van der Waals surface area contributed by atoms with E-state index in [0.29, 0.717) is 13.0 Å². The highest BCUT2D eigenvalue weighted by Gasteiger charge is 2.25. The van der Waals surface area contributed by atoms with Crippen LogP contribution < -0.4 is 9.46 Å². The second kappa shape index (κ2) is 6.45. The molecule has 0 radical (unpaired) electrons. The van der Waals surface area contributed by atoms with Crippen molar-refractivity contribution in [2.45, 2.75) is 19.0 Å². The molecule has 0 amide bonds. The Morgan fingerprint density at radius 2 is 1.96 bits per heavy atom.